The molecule has 2 aliphatic rings. The van der Waals surface area contributed by atoms with E-state index in [0.717, 1.165) is 24.0 Å². The van der Waals surface area contributed by atoms with Gasteiger partial charge >= 0.3 is 0 Å². The number of ketones is 1. The molecule has 120 valence electrons. The lowest BCUT2D eigenvalue weighted by molar-refractivity contribution is -0.118. The first-order valence-electron chi connectivity index (χ1n) is 8.77. The van der Waals surface area contributed by atoms with Crippen LogP contribution in [0.4, 0.5) is 0 Å². The van der Waals surface area contributed by atoms with Gasteiger partial charge < -0.3 is 4.74 Å². The molecule has 3 atom stereocenters. The lowest BCUT2D eigenvalue weighted by Crippen LogP contribution is -2.36. The largest absolute Gasteiger partial charge is 0.486 e. The number of hydrogen-bond acceptors (Lipinski definition) is 2. The van der Waals surface area contributed by atoms with Gasteiger partial charge in [0.2, 0.25) is 0 Å². The highest BCUT2D eigenvalue weighted by molar-refractivity contribution is 5.77. The van der Waals surface area contributed by atoms with Gasteiger partial charge in [0.05, 0.1) is 0 Å². The third-order valence-electron chi connectivity index (χ3n) is 6.05. The fourth-order valence-corrected chi connectivity index (χ4v) is 4.82. The van der Waals surface area contributed by atoms with Crippen LogP contribution in [0, 0.1) is 17.3 Å². The summed E-state index contributed by atoms with van der Waals surface area (Å²) in [6, 6.07) is 6.38. The maximum absolute atomic E-state index is 11.2. The minimum Gasteiger partial charge on any atom is -0.486 e. The first kappa shape index (κ1) is 15.6. The number of rotatable bonds is 5. The molecular formula is C20H28O2. The van der Waals surface area contributed by atoms with Crippen molar-refractivity contribution in [2.24, 2.45) is 17.3 Å². The molecule has 0 spiro atoms. The predicted octanol–water partition coefficient (Wildman–Crippen LogP) is 4.59. The van der Waals surface area contributed by atoms with Gasteiger partial charge in [-0.1, -0.05) is 38.8 Å². The maximum atomic E-state index is 11.2. The molecule has 1 fully saturated rings. The summed E-state index contributed by atoms with van der Waals surface area (Å²) in [7, 11) is 0. The fraction of sp³-hybridized carbons (Fsp3) is 0.650. The Hall–Kier alpha value is -1.31. The van der Waals surface area contributed by atoms with Gasteiger partial charge in [-0.2, -0.15) is 0 Å². The highest BCUT2D eigenvalue weighted by Crippen LogP contribution is 2.56. The molecular weight excluding hydrogens is 272 g/mol. The molecule has 0 N–H and O–H groups in total. The second kappa shape index (κ2) is 6.06. The van der Waals surface area contributed by atoms with Crippen LogP contribution in [0.15, 0.2) is 18.2 Å². The number of carbonyl (C=O) groups excluding carboxylic acids is 1. The van der Waals surface area contributed by atoms with Crippen molar-refractivity contribution in [1.82, 2.24) is 0 Å². The van der Waals surface area contributed by atoms with Crippen LogP contribution in [0.3, 0.4) is 0 Å². The van der Waals surface area contributed by atoms with Crippen molar-refractivity contribution in [1.29, 1.82) is 0 Å². The van der Waals surface area contributed by atoms with Gasteiger partial charge in [-0.25, -0.2) is 0 Å². The van der Waals surface area contributed by atoms with Gasteiger partial charge in [-0.05, 0) is 67.1 Å². The summed E-state index contributed by atoms with van der Waals surface area (Å²) in [5, 5.41) is 0. The molecule has 2 heteroatoms. The molecule has 0 saturated heterocycles. The third kappa shape index (κ3) is 2.68. The molecule has 1 aromatic rings. The van der Waals surface area contributed by atoms with Crippen LogP contribution in [0.5, 0.6) is 5.75 Å². The molecule has 1 aromatic carbocycles. The van der Waals surface area contributed by atoms with Crippen LogP contribution in [0.25, 0.3) is 0 Å². The zero-order valence-corrected chi connectivity index (χ0v) is 14.2. The Morgan fingerprint density at radius 2 is 2.18 bits per heavy atom. The van der Waals surface area contributed by atoms with Crippen LogP contribution in [0.1, 0.15) is 57.6 Å². The SMILES string of the molecule is CCCC1CCC2Cc3c(cccc3OCC(C)=O)CC12C. The van der Waals surface area contributed by atoms with Crippen LogP contribution >= 0.6 is 0 Å². The Bertz CT molecular complexity index is 563. The maximum Gasteiger partial charge on any atom is 0.167 e. The predicted molar refractivity (Wildman–Crippen MR) is 89.3 cm³/mol. The topological polar surface area (TPSA) is 26.3 Å². The summed E-state index contributed by atoms with van der Waals surface area (Å²) in [6.07, 6.45) is 7.69. The van der Waals surface area contributed by atoms with Gasteiger partial charge in [0.25, 0.3) is 0 Å². The van der Waals surface area contributed by atoms with Crippen LogP contribution in [-0.2, 0) is 17.6 Å². The quantitative estimate of drug-likeness (QED) is 0.795. The number of benzene rings is 1. The van der Waals surface area contributed by atoms with E-state index in [1.807, 2.05) is 6.07 Å². The van der Waals surface area contributed by atoms with Crippen molar-refractivity contribution in [3.05, 3.63) is 29.3 Å². The van der Waals surface area contributed by atoms with Crippen LogP contribution in [-0.4, -0.2) is 12.4 Å². The molecule has 0 radical (unpaired) electrons. The molecule has 2 nitrogen and oxygen atoms in total. The van der Waals surface area contributed by atoms with E-state index in [1.54, 1.807) is 6.92 Å². The number of fused-ring (bicyclic) bond motifs is 2. The molecule has 0 aromatic heterocycles. The van der Waals surface area contributed by atoms with Crippen LogP contribution < -0.4 is 4.74 Å². The second-order valence-corrected chi connectivity index (χ2v) is 7.53. The first-order valence-corrected chi connectivity index (χ1v) is 8.77. The van der Waals surface area contributed by atoms with Gasteiger partial charge in [0.15, 0.2) is 5.78 Å². The standard InChI is InChI=1S/C20H28O2/c1-4-6-16-9-10-17-11-18-15(12-20(16,17)3)7-5-8-19(18)22-13-14(2)21/h5,7-8,16-17H,4,6,9-13H2,1-3H3. The zero-order valence-electron chi connectivity index (χ0n) is 14.2. The number of carbonyl (C=O) groups is 1. The average Bonchev–Trinajstić information content (AvgIpc) is 2.79. The Morgan fingerprint density at radius 1 is 1.36 bits per heavy atom. The zero-order chi connectivity index (χ0) is 15.7. The number of hydrogen-bond donors (Lipinski definition) is 0. The summed E-state index contributed by atoms with van der Waals surface area (Å²) >= 11 is 0. The van der Waals surface area contributed by atoms with Crippen molar-refractivity contribution in [2.75, 3.05) is 6.61 Å². The van der Waals surface area contributed by atoms with E-state index in [2.05, 4.69) is 26.0 Å². The van der Waals surface area contributed by atoms with E-state index < -0.39 is 0 Å². The lowest BCUT2D eigenvalue weighted by atomic mass is 9.63. The first-order chi connectivity index (χ1) is 10.5. The van der Waals surface area contributed by atoms with E-state index in [9.17, 15) is 4.79 Å². The van der Waals surface area contributed by atoms with E-state index in [0.29, 0.717) is 5.41 Å². The Morgan fingerprint density at radius 3 is 2.91 bits per heavy atom. The minimum absolute atomic E-state index is 0.0853. The minimum atomic E-state index is 0.0853. The molecule has 0 bridgehead atoms. The van der Waals surface area contributed by atoms with Gasteiger partial charge in [0.1, 0.15) is 12.4 Å². The molecule has 0 amide bonds. The van der Waals surface area contributed by atoms with Gasteiger partial charge in [-0.3, -0.25) is 4.79 Å². The Balaban J connectivity index is 1.87. The molecule has 0 aliphatic heterocycles. The summed E-state index contributed by atoms with van der Waals surface area (Å²) in [4.78, 5) is 11.2. The normalized spacial score (nSPS) is 29.8. The van der Waals surface area contributed by atoms with Crippen molar-refractivity contribution < 1.29 is 9.53 Å². The summed E-state index contributed by atoms with van der Waals surface area (Å²) < 4.78 is 5.77. The molecule has 1 saturated carbocycles. The molecule has 3 rings (SSSR count). The van der Waals surface area contributed by atoms with Gasteiger partial charge in [0, 0.05) is 0 Å². The lowest BCUT2D eigenvalue weighted by Gasteiger charge is -2.42. The Kier molecular flexibility index (Phi) is 4.29. The average molecular weight is 300 g/mol. The molecule has 2 aliphatic carbocycles. The van der Waals surface area contributed by atoms with E-state index in [1.165, 1.54) is 43.2 Å². The smallest absolute Gasteiger partial charge is 0.167 e. The van der Waals surface area contributed by atoms with Crippen molar-refractivity contribution >= 4 is 5.78 Å². The molecule has 0 heterocycles. The highest BCUT2D eigenvalue weighted by atomic mass is 16.5. The van der Waals surface area contributed by atoms with Crippen molar-refractivity contribution in [3.8, 4) is 5.75 Å². The van der Waals surface area contributed by atoms with Crippen molar-refractivity contribution in [3.63, 3.8) is 0 Å². The third-order valence-corrected chi connectivity index (χ3v) is 6.05. The van der Waals surface area contributed by atoms with Crippen LogP contribution in [0.2, 0.25) is 0 Å². The summed E-state index contributed by atoms with van der Waals surface area (Å²) in [6.45, 7) is 6.59. The van der Waals surface area contributed by atoms with Gasteiger partial charge in [-0.15, -0.1) is 0 Å². The van der Waals surface area contributed by atoms with Crippen molar-refractivity contribution in [2.45, 2.75) is 59.3 Å². The highest BCUT2D eigenvalue weighted by Gasteiger charge is 2.48. The molecule has 3 unspecified atom stereocenters. The fourth-order valence-electron chi connectivity index (χ4n) is 4.82. The number of ether oxygens (including phenoxy) is 1. The summed E-state index contributed by atoms with van der Waals surface area (Å²) in [5.74, 6) is 2.67. The van der Waals surface area contributed by atoms with E-state index >= 15 is 0 Å². The summed E-state index contributed by atoms with van der Waals surface area (Å²) in [5.41, 5.74) is 3.27. The number of Topliss-reactive ketones (excluding diaryl/α,β-unsaturated/α-hetero) is 1. The van der Waals surface area contributed by atoms with E-state index in [4.69, 9.17) is 4.74 Å². The Labute approximate surface area is 134 Å². The monoisotopic (exact) mass is 300 g/mol. The van der Waals surface area contributed by atoms with E-state index in [-0.39, 0.29) is 12.4 Å². The molecule has 22 heavy (non-hydrogen) atoms. The second-order valence-electron chi connectivity index (χ2n) is 7.53.